The molecule has 0 radical (unpaired) electrons. The van der Waals surface area contributed by atoms with Crippen LogP contribution in [0.1, 0.15) is 11.1 Å². The highest BCUT2D eigenvalue weighted by atomic mass is 79.9. The molecular weight excluding hydrogens is 394 g/mol. The van der Waals surface area contributed by atoms with Gasteiger partial charge in [-0.25, -0.2) is 18.4 Å². The molecule has 2 aromatic carbocycles. The molecule has 0 spiro atoms. The van der Waals surface area contributed by atoms with Gasteiger partial charge in [-0.3, -0.25) is 0 Å². The Kier molecular flexibility index (Phi) is 6.36. The number of halogens is 1. The third-order valence-corrected chi connectivity index (χ3v) is 5.05. The van der Waals surface area contributed by atoms with Crippen LogP contribution in [0.2, 0.25) is 0 Å². The highest BCUT2D eigenvalue weighted by Crippen LogP contribution is 2.15. The second-order valence-electron chi connectivity index (χ2n) is 5.14. The highest BCUT2D eigenvalue weighted by molar-refractivity contribution is 9.10. The summed E-state index contributed by atoms with van der Waals surface area (Å²) in [6.45, 7) is 0.868. The van der Waals surface area contributed by atoms with Crippen LogP contribution < -0.4 is 15.8 Å². The molecule has 0 aliphatic rings. The first-order valence-electron chi connectivity index (χ1n) is 7.23. The fraction of sp³-hybridized carbons (Fsp3) is 0.188. The molecule has 2 rings (SSSR count). The Bertz CT molecular complexity index is 808. The first-order valence-corrected chi connectivity index (χ1v) is 9.57. The second kappa shape index (κ2) is 8.27. The van der Waals surface area contributed by atoms with Crippen molar-refractivity contribution in [2.24, 2.45) is 5.14 Å². The van der Waals surface area contributed by atoms with E-state index in [2.05, 4.69) is 26.6 Å². The molecule has 0 bridgehead atoms. The number of amides is 2. The van der Waals surface area contributed by atoms with Crippen LogP contribution in [0.3, 0.4) is 0 Å². The van der Waals surface area contributed by atoms with Gasteiger partial charge in [-0.05, 0) is 35.7 Å². The lowest BCUT2D eigenvalue weighted by Crippen LogP contribution is -2.36. The molecule has 0 heterocycles. The van der Waals surface area contributed by atoms with E-state index < -0.39 is 10.0 Å². The lowest BCUT2D eigenvalue weighted by molar-refractivity contribution is 0.240. The van der Waals surface area contributed by atoms with Crippen LogP contribution in [0.15, 0.2) is 57.9 Å². The number of carbonyl (C=O) groups is 1. The van der Waals surface area contributed by atoms with E-state index in [4.69, 9.17) is 5.14 Å². The smallest absolute Gasteiger partial charge is 0.315 e. The van der Waals surface area contributed by atoms with Crippen LogP contribution in [-0.4, -0.2) is 21.0 Å². The maximum atomic E-state index is 11.8. The maximum Gasteiger partial charge on any atom is 0.315 e. The summed E-state index contributed by atoms with van der Waals surface area (Å²) in [6, 6.07) is 13.7. The largest absolute Gasteiger partial charge is 0.338 e. The molecule has 0 aliphatic carbocycles. The van der Waals surface area contributed by atoms with Gasteiger partial charge in [0.05, 0.1) is 4.90 Å². The lowest BCUT2D eigenvalue weighted by atomic mass is 10.1. The number of benzene rings is 2. The van der Waals surface area contributed by atoms with Gasteiger partial charge in [-0.15, -0.1) is 0 Å². The minimum Gasteiger partial charge on any atom is -0.338 e. The third-order valence-electron chi connectivity index (χ3n) is 3.35. The molecule has 2 aromatic rings. The predicted molar refractivity (Wildman–Crippen MR) is 95.9 cm³/mol. The maximum absolute atomic E-state index is 11.8. The Balaban J connectivity index is 1.75. The normalized spacial score (nSPS) is 11.1. The molecule has 0 unspecified atom stereocenters. The molecule has 0 atom stereocenters. The quantitative estimate of drug-likeness (QED) is 0.678. The number of hydrogen-bond donors (Lipinski definition) is 3. The van der Waals surface area contributed by atoms with Gasteiger partial charge in [0.2, 0.25) is 10.0 Å². The van der Waals surface area contributed by atoms with Crippen molar-refractivity contribution in [3.8, 4) is 0 Å². The summed E-state index contributed by atoms with van der Waals surface area (Å²) < 4.78 is 23.3. The van der Waals surface area contributed by atoms with Crippen molar-refractivity contribution in [3.05, 3.63) is 64.1 Å². The molecule has 8 heteroatoms. The minimum absolute atomic E-state index is 0.0744. The van der Waals surface area contributed by atoms with Crippen LogP contribution >= 0.6 is 15.9 Å². The average molecular weight is 412 g/mol. The van der Waals surface area contributed by atoms with Crippen molar-refractivity contribution in [2.75, 3.05) is 6.54 Å². The van der Waals surface area contributed by atoms with Crippen molar-refractivity contribution in [2.45, 2.75) is 17.9 Å². The van der Waals surface area contributed by atoms with E-state index in [-0.39, 0.29) is 10.9 Å². The van der Waals surface area contributed by atoms with Crippen molar-refractivity contribution >= 4 is 32.0 Å². The van der Waals surface area contributed by atoms with Gasteiger partial charge in [0, 0.05) is 17.6 Å². The van der Waals surface area contributed by atoms with E-state index in [1.807, 2.05) is 24.3 Å². The average Bonchev–Trinajstić information content (AvgIpc) is 2.54. The SMILES string of the molecule is NS(=O)(=O)c1ccc(CCNC(=O)NCc2ccccc2Br)cc1. The summed E-state index contributed by atoms with van der Waals surface area (Å²) in [5, 5.41) is 10.6. The minimum atomic E-state index is -3.67. The van der Waals surface area contributed by atoms with Gasteiger partial charge in [-0.1, -0.05) is 46.3 Å². The number of hydrogen-bond acceptors (Lipinski definition) is 3. The van der Waals surface area contributed by atoms with Crippen molar-refractivity contribution < 1.29 is 13.2 Å². The molecule has 0 saturated heterocycles. The Morgan fingerprint density at radius 3 is 2.33 bits per heavy atom. The summed E-state index contributed by atoms with van der Waals surface area (Å²) >= 11 is 3.43. The summed E-state index contributed by atoms with van der Waals surface area (Å²) in [5.41, 5.74) is 1.90. The van der Waals surface area contributed by atoms with Gasteiger partial charge in [-0.2, -0.15) is 0 Å². The summed E-state index contributed by atoms with van der Waals surface area (Å²) in [5.74, 6) is 0. The molecule has 128 valence electrons. The first kappa shape index (κ1) is 18.4. The zero-order chi connectivity index (χ0) is 17.6. The molecule has 2 amide bonds. The van der Waals surface area contributed by atoms with Gasteiger partial charge in [0.1, 0.15) is 0 Å². The molecular formula is C16H18BrN3O3S. The molecule has 6 nitrogen and oxygen atoms in total. The van der Waals surface area contributed by atoms with Gasteiger partial charge in [0.15, 0.2) is 0 Å². The molecule has 0 aromatic heterocycles. The van der Waals surface area contributed by atoms with E-state index in [9.17, 15) is 13.2 Å². The number of nitrogens with two attached hydrogens (primary N) is 1. The molecule has 0 aliphatic heterocycles. The zero-order valence-electron chi connectivity index (χ0n) is 12.8. The Labute approximate surface area is 149 Å². The molecule has 4 N–H and O–H groups in total. The Morgan fingerprint density at radius 2 is 1.71 bits per heavy atom. The standard InChI is InChI=1S/C16H18BrN3O3S/c17-15-4-2-1-3-13(15)11-20-16(21)19-10-9-12-5-7-14(8-6-12)24(18,22)23/h1-8H,9-11H2,(H2,18,22,23)(H2,19,20,21). The predicted octanol–water partition coefficient (Wildman–Crippen LogP) is 2.14. The first-order chi connectivity index (χ1) is 11.4. The topological polar surface area (TPSA) is 101 Å². The number of rotatable bonds is 6. The Hall–Kier alpha value is -1.90. The molecule has 0 fully saturated rings. The summed E-state index contributed by atoms with van der Waals surface area (Å²) in [4.78, 5) is 11.8. The van der Waals surface area contributed by atoms with Gasteiger partial charge in [0.25, 0.3) is 0 Å². The van der Waals surface area contributed by atoms with E-state index in [0.717, 1.165) is 15.6 Å². The Morgan fingerprint density at radius 1 is 1.04 bits per heavy atom. The van der Waals surface area contributed by atoms with Crippen molar-refractivity contribution in [1.29, 1.82) is 0 Å². The number of sulfonamides is 1. The second-order valence-corrected chi connectivity index (χ2v) is 7.56. The summed E-state index contributed by atoms with van der Waals surface area (Å²) in [6.07, 6.45) is 0.591. The van der Waals surface area contributed by atoms with Crippen LogP contribution in [0.4, 0.5) is 4.79 Å². The monoisotopic (exact) mass is 411 g/mol. The van der Waals surface area contributed by atoms with E-state index in [0.29, 0.717) is 19.5 Å². The van der Waals surface area contributed by atoms with E-state index >= 15 is 0 Å². The number of nitrogens with one attached hydrogen (secondary N) is 2. The number of urea groups is 1. The fourth-order valence-corrected chi connectivity index (χ4v) is 2.99. The number of primary sulfonamides is 1. The highest BCUT2D eigenvalue weighted by Gasteiger charge is 2.07. The third kappa shape index (κ3) is 5.63. The van der Waals surface area contributed by atoms with Crippen molar-refractivity contribution in [3.63, 3.8) is 0 Å². The molecule has 0 saturated carbocycles. The van der Waals surface area contributed by atoms with Gasteiger partial charge < -0.3 is 10.6 Å². The zero-order valence-corrected chi connectivity index (χ0v) is 15.2. The van der Waals surface area contributed by atoms with E-state index in [1.165, 1.54) is 12.1 Å². The van der Waals surface area contributed by atoms with Crippen molar-refractivity contribution in [1.82, 2.24) is 10.6 Å². The molecule has 24 heavy (non-hydrogen) atoms. The van der Waals surface area contributed by atoms with Crippen LogP contribution in [-0.2, 0) is 23.0 Å². The van der Waals surface area contributed by atoms with Crippen LogP contribution in [0.25, 0.3) is 0 Å². The van der Waals surface area contributed by atoms with E-state index in [1.54, 1.807) is 12.1 Å². The number of carbonyl (C=O) groups excluding carboxylic acids is 1. The lowest BCUT2D eigenvalue weighted by Gasteiger charge is -2.09. The summed E-state index contributed by atoms with van der Waals surface area (Å²) in [7, 11) is -3.67. The van der Waals surface area contributed by atoms with Crippen LogP contribution in [0.5, 0.6) is 0 Å². The van der Waals surface area contributed by atoms with Crippen LogP contribution in [0, 0.1) is 0 Å². The van der Waals surface area contributed by atoms with Gasteiger partial charge >= 0.3 is 6.03 Å². The fourth-order valence-electron chi connectivity index (χ4n) is 2.05.